The summed E-state index contributed by atoms with van der Waals surface area (Å²) in [7, 11) is 0. The van der Waals surface area contributed by atoms with Gasteiger partial charge in [-0.25, -0.2) is 0 Å². The van der Waals surface area contributed by atoms with Crippen LogP contribution in [0, 0.1) is 6.92 Å². The van der Waals surface area contributed by atoms with Crippen molar-refractivity contribution < 1.29 is 0 Å². The number of benzene rings is 2. The molecule has 0 amide bonds. The minimum absolute atomic E-state index is 0.397. The van der Waals surface area contributed by atoms with E-state index in [0.717, 1.165) is 17.0 Å². The summed E-state index contributed by atoms with van der Waals surface area (Å²) in [4.78, 5) is 9.24. The van der Waals surface area contributed by atoms with Crippen molar-refractivity contribution >= 4 is 57.6 Å². The molecule has 3 rings (SSSR count). The molecule has 2 nitrogen and oxygen atoms in total. The van der Waals surface area contributed by atoms with Crippen LogP contribution in [0.15, 0.2) is 58.5 Å². The van der Waals surface area contributed by atoms with Crippen LogP contribution in [0.4, 0.5) is 11.4 Å². The van der Waals surface area contributed by atoms with Gasteiger partial charge in [-0.05, 0) is 24.6 Å². The SMILES string of the molecule is Cc1ccc(C2=Nc3ccccc3N=C(C(Cl)(Cl)Cl)C2)cc1. The summed E-state index contributed by atoms with van der Waals surface area (Å²) in [5.41, 5.74) is 5.00. The molecule has 0 aromatic heterocycles. The van der Waals surface area contributed by atoms with E-state index in [0.29, 0.717) is 17.8 Å². The molecule has 5 heteroatoms. The average molecular weight is 352 g/mol. The molecule has 0 unspecified atom stereocenters. The number of aryl methyl sites for hydroxylation is 1. The molecule has 0 saturated carbocycles. The van der Waals surface area contributed by atoms with Crippen LogP contribution in [0.3, 0.4) is 0 Å². The number of aliphatic imine (C=N–C) groups is 2. The maximum absolute atomic E-state index is 6.07. The van der Waals surface area contributed by atoms with E-state index in [4.69, 9.17) is 39.8 Å². The molecular formula is C17H13Cl3N2. The normalized spacial score (nSPS) is 14.7. The highest BCUT2D eigenvalue weighted by Gasteiger charge is 2.30. The van der Waals surface area contributed by atoms with Gasteiger partial charge in [0.15, 0.2) is 0 Å². The Balaban J connectivity index is 2.14. The number of hydrogen-bond acceptors (Lipinski definition) is 2. The van der Waals surface area contributed by atoms with Gasteiger partial charge >= 0.3 is 0 Å². The highest BCUT2D eigenvalue weighted by atomic mass is 35.6. The Hall–Kier alpha value is -1.35. The van der Waals surface area contributed by atoms with E-state index in [2.05, 4.69) is 4.99 Å². The number of nitrogens with zero attached hydrogens (tertiary/aromatic N) is 2. The molecular weight excluding hydrogens is 339 g/mol. The Bertz CT molecular complexity index is 756. The first kappa shape index (κ1) is 15.5. The second kappa shape index (κ2) is 6.04. The van der Waals surface area contributed by atoms with Gasteiger partial charge in [0.1, 0.15) is 0 Å². The van der Waals surface area contributed by atoms with Gasteiger partial charge in [0, 0.05) is 6.42 Å². The van der Waals surface area contributed by atoms with E-state index >= 15 is 0 Å². The summed E-state index contributed by atoms with van der Waals surface area (Å²) in [6.45, 7) is 2.04. The van der Waals surface area contributed by atoms with Crippen LogP contribution in [-0.2, 0) is 0 Å². The standard InChI is InChI=1S/C17H13Cl3N2/c1-11-6-8-12(9-7-11)15-10-16(17(18,19)20)22-14-5-3-2-4-13(14)21-15/h2-9H,10H2,1H3. The fourth-order valence-corrected chi connectivity index (χ4v) is 2.59. The number of fused-ring (bicyclic) bond motifs is 1. The Labute approximate surface area is 144 Å². The summed E-state index contributed by atoms with van der Waals surface area (Å²) in [5, 5.41) is 0. The minimum Gasteiger partial charge on any atom is -0.251 e. The van der Waals surface area contributed by atoms with Crippen molar-refractivity contribution in [1.82, 2.24) is 0 Å². The van der Waals surface area contributed by atoms with E-state index in [9.17, 15) is 0 Å². The van der Waals surface area contributed by atoms with Gasteiger partial charge in [-0.15, -0.1) is 0 Å². The van der Waals surface area contributed by atoms with Gasteiger partial charge in [0.05, 0.1) is 22.8 Å². The molecule has 1 aliphatic rings. The third-order valence-electron chi connectivity index (χ3n) is 3.44. The molecule has 0 atom stereocenters. The predicted molar refractivity (Wildman–Crippen MR) is 95.8 cm³/mol. The van der Waals surface area contributed by atoms with Gasteiger partial charge in [0.2, 0.25) is 3.79 Å². The number of rotatable bonds is 1. The number of alkyl halides is 3. The maximum Gasteiger partial charge on any atom is 0.229 e. The van der Waals surface area contributed by atoms with Crippen molar-refractivity contribution in [3.8, 4) is 0 Å². The van der Waals surface area contributed by atoms with E-state index in [1.807, 2.05) is 55.5 Å². The van der Waals surface area contributed by atoms with Crippen LogP contribution in [-0.4, -0.2) is 15.2 Å². The minimum atomic E-state index is -1.55. The van der Waals surface area contributed by atoms with Gasteiger partial charge in [-0.1, -0.05) is 76.8 Å². The highest BCUT2D eigenvalue weighted by molar-refractivity contribution is 6.77. The quantitative estimate of drug-likeness (QED) is 0.566. The predicted octanol–water partition coefficient (Wildman–Crippen LogP) is 5.96. The second-order valence-electron chi connectivity index (χ2n) is 5.15. The first-order valence-corrected chi connectivity index (χ1v) is 7.95. The second-order valence-corrected chi connectivity index (χ2v) is 7.43. The van der Waals surface area contributed by atoms with Crippen molar-refractivity contribution in [2.24, 2.45) is 9.98 Å². The van der Waals surface area contributed by atoms with Crippen molar-refractivity contribution in [2.45, 2.75) is 17.1 Å². The lowest BCUT2D eigenvalue weighted by atomic mass is 10.0. The van der Waals surface area contributed by atoms with Crippen molar-refractivity contribution in [3.63, 3.8) is 0 Å². The van der Waals surface area contributed by atoms with Crippen LogP contribution in [0.5, 0.6) is 0 Å². The monoisotopic (exact) mass is 350 g/mol. The molecule has 0 radical (unpaired) electrons. The molecule has 0 fully saturated rings. The summed E-state index contributed by atoms with van der Waals surface area (Å²) >= 11 is 18.2. The lowest BCUT2D eigenvalue weighted by Gasteiger charge is -2.14. The zero-order valence-corrected chi connectivity index (χ0v) is 14.1. The third kappa shape index (κ3) is 3.35. The fourth-order valence-electron chi connectivity index (χ4n) is 2.26. The summed E-state index contributed by atoms with van der Waals surface area (Å²) in [5.74, 6) is 0. The van der Waals surface area contributed by atoms with Crippen LogP contribution < -0.4 is 0 Å². The molecule has 0 N–H and O–H groups in total. The van der Waals surface area contributed by atoms with Crippen LogP contribution >= 0.6 is 34.8 Å². The maximum atomic E-state index is 6.07. The smallest absolute Gasteiger partial charge is 0.229 e. The first-order chi connectivity index (χ1) is 10.4. The highest BCUT2D eigenvalue weighted by Crippen LogP contribution is 2.37. The van der Waals surface area contributed by atoms with Crippen molar-refractivity contribution in [3.05, 3.63) is 59.7 Å². The van der Waals surface area contributed by atoms with E-state index < -0.39 is 3.79 Å². The molecule has 0 spiro atoms. The Morgan fingerprint density at radius 1 is 0.864 bits per heavy atom. The topological polar surface area (TPSA) is 24.7 Å². The lowest BCUT2D eigenvalue weighted by molar-refractivity contribution is 1.36. The molecule has 1 heterocycles. The molecule has 0 saturated heterocycles. The fraction of sp³-hybridized carbons (Fsp3) is 0.176. The average Bonchev–Trinajstić information content (AvgIpc) is 2.67. The number of para-hydroxylation sites is 2. The largest absolute Gasteiger partial charge is 0.251 e. The molecule has 2 aromatic rings. The first-order valence-electron chi connectivity index (χ1n) is 6.82. The molecule has 112 valence electrons. The molecule has 0 bridgehead atoms. The third-order valence-corrected chi connectivity index (χ3v) is 4.09. The Morgan fingerprint density at radius 3 is 2.05 bits per heavy atom. The van der Waals surface area contributed by atoms with Crippen LogP contribution in [0.2, 0.25) is 0 Å². The summed E-state index contributed by atoms with van der Waals surface area (Å²) < 4.78 is -1.55. The van der Waals surface area contributed by atoms with E-state index in [1.165, 1.54) is 5.56 Å². The van der Waals surface area contributed by atoms with E-state index in [-0.39, 0.29) is 0 Å². The molecule has 1 aliphatic heterocycles. The number of halogens is 3. The van der Waals surface area contributed by atoms with Gasteiger partial charge in [-0.3, -0.25) is 9.98 Å². The molecule has 22 heavy (non-hydrogen) atoms. The van der Waals surface area contributed by atoms with Crippen LogP contribution in [0.25, 0.3) is 0 Å². The Morgan fingerprint density at radius 2 is 1.45 bits per heavy atom. The van der Waals surface area contributed by atoms with Gasteiger partial charge in [-0.2, -0.15) is 0 Å². The van der Waals surface area contributed by atoms with Gasteiger partial charge < -0.3 is 0 Å². The van der Waals surface area contributed by atoms with E-state index in [1.54, 1.807) is 0 Å². The van der Waals surface area contributed by atoms with Crippen molar-refractivity contribution in [1.29, 1.82) is 0 Å². The molecule has 2 aromatic carbocycles. The van der Waals surface area contributed by atoms with Gasteiger partial charge in [0.25, 0.3) is 0 Å². The summed E-state index contributed by atoms with van der Waals surface area (Å²) in [6, 6.07) is 15.7. The lowest BCUT2D eigenvalue weighted by Crippen LogP contribution is -2.22. The van der Waals surface area contributed by atoms with Crippen LogP contribution in [0.1, 0.15) is 17.5 Å². The van der Waals surface area contributed by atoms with Crippen molar-refractivity contribution in [2.75, 3.05) is 0 Å². The Kier molecular flexibility index (Phi) is 4.26. The zero-order valence-electron chi connectivity index (χ0n) is 11.9. The summed E-state index contributed by atoms with van der Waals surface area (Å²) in [6.07, 6.45) is 0.397. The molecule has 0 aliphatic carbocycles. The zero-order chi connectivity index (χ0) is 15.7. The number of hydrogen-bond donors (Lipinski definition) is 0.